The molecule has 0 heterocycles. The van der Waals surface area contributed by atoms with E-state index in [2.05, 4.69) is 229 Å². The maximum Gasteiger partial charge on any atom is 0.0465 e. The van der Waals surface area contributed by atoms with Crippen LogP contribution in [0.4, 0.5) is 17.1 Å². The van der Waals surface area contributed by atoms with Gasteiger partial charge < -0.3 is 4.90 Å². The maximum absolute atomic E-state index is 2.52. The molecule has 1 heteroatoms. The van der Waals surface area contributed by atoms with Crippen molar-refractivity contribution < 1.29 is 0 Å². The summed E-state index contributed by atoms with van der Waals surface area (Å²) in [7, 11) is 0. The first-order valence-corrected chi connectivity index (χ1v) is 22.6. The number of para-hydroxylation sites is 2. The largest absolute Gasteiger partial charge is 0.310 e. The van der Waals surface area contributed by atoms with Crippen LogP contribution in [0, 0.1) is 0 Å². The van der Waals surface area contributed by atoms with E-state index in [0.29, 0.717) is 0 Å². The number of fused-ring (bicyclic) bond motifs is 9. The minimum atomic E-state index is 0.0270. The second-order valence-corrected chi connectivity index (χ2v) is 17.5. The summed E-state index contributed by atoms with van der Waals surface area (Å²) in [6.07, 6.45) is 10.8. The number of nitrogens with zero attached hydrogens (tertiary/aromatic N) is 1. The molecule has 0 aliphatic heterocycles. The Morgan fingerprint density at radius 2 is 0.841 bits per heavy atom. The Morgan fingerprint density at radius 1 is 0.349 bits per heavy atom. The Kier molecular flexibility index (Phi) is 9.15. The Hall–Kier alpha value is -7.48. The molecular weight excluding hydrogens is 759 g/mol. The van der Waals surface area contributed by atoms with Crippen molar-refractivity contribution in [2.45, 2.75) is 37.5 Å². The summed E-state index contributed by atoms with van der Waals surface area (Å²) >= 11 is 0. The molecule has 0 radical (unpaired) electrons. The highest BCUT2D eigenvalue weighted by Crippen LogP contribution is 2.57. The third-order valence-corrected chi connectivity index (χ3v) is 14.0. The quantitative estimate of drug-likeness (QED) is 0.115. The molecular formula is C62H47N. The zero-order chi connectivity index (χ0) is 41.7. The second kappa shape index (κ2) is 15.5. The normalized spacial score (nSPS) is 14.1. The molecule has 12 rings (SSSR count). The van der Waals surface area contributed by atoms with Crippen molar-refractivity contribution in [1.29, 1.82) is 0 Å². The second-order valence-electron chi connectivity index (χ2n) is 17.5. The van der Waals surface area contributed by atoms with Crippen LogP contribution in [0.1, 0.15) is 54.4 Å². The zero-order valence-electron chi connectivity index (χ0n) is 35.3. The van der Waals surface area contributed by atoms with Gasteiger partial charge >= 0.3 is 0 Å². The molecule has 63 heavy (non-hydrogen) atoms. The highest BCUT2D eigenvalue weighted by atomic mass is 15.1. The summed E-state index contributed by atoms with van der Waals surface area (Å²) in [6, 6.07) is 78.6. The summed E-state index contributed by atoms with van der Waals surface area (Å²) in [5.74, 6) is 0. The fraction of sp³-hybridized carbons (Fsp3) is 0.0968. The van der Waals surface area contributed by atoms with Crippen molar-refractivity contribution in [3.05, 3.63) is 235 Å². The van der Waals surface area contributed by atoms with Gasteiger partial charge in [0.15, 0.2) is 0 Å². The van der Waals surface area contributed by atoms with E-state index in [1.165, 1.54) is 137 Å². The van der Waals surface area contributed by atoms with Crippen LogP contribution >= 0.6 is 0 Å². The summed E-state index contributed by atoms with van der Waals surface area (Å²) < 4.78 is 0. The summed E-state index contributed by atoms with van der Waals surface area (Å²) in [5.41, 5.74) is 16.9. The van der Waals surface area contributed by atoms with E-state index in [0.717, 1.165) is 0 Å². The highest BCUT2D eigenvalue weighted by Gasteiger charge is 2.44. The lowest BCUT2D eigenvalue weighted by molar-refractivity contribution is 0.353. The molecule has 1 fully saturated rings. The number of hydrogen-bond donors (Lipinski definition) is 0. The standard InChI is InChI=1S/C62H47N/c1-5-17-45(18-6-1)60-56-25-13-11-23-52(56)53-24-12-14-26-57(53)61(60)48-33-32-46-39-43(29-31-47(46)41-48)27-28-44-30-35-54-55-36-34-51(42-59(55)62(58(54)40-44)37-15-4-16-38-62)63(49-19-7-2-8-20-49)50-21-9-3-10-22-50/h1-3,5-14,17-36,39-42H,4,15-16,37-38H2/b28-27+. The Labute approximate surface area is 370 Å². The lowest BCUT2D eigenvalue weighted by atomic mass is 9.67. The van der Waals surface area contributed by atoms with Gasteiger partial charge in [0.25, 0.3) is 0 Å². The highest BCUT2D eigenvalue weighted by molar-refractivity contribution is 6.22. The summed E-state index contributed by atoms with van der Waals surface area (Å²) in [6.45, 7) is 0. The van der Waals surface area contributed by atoms with Gasteiger partial charge in [-0.15, -0.1) is 0 Å². The van der Waals surface area contributed by atoms with Crippen LogP contribution in [0.25, 0.3) is 77.9 Å². The fourth-order valence-electron chi connectivity index (χ4n) is 11.1. The minimum Gasteiger partial charge on any atom is -0.310 e. The van der Waals surface area contributed by atoms with Crippen LogP contribution in [0.3, 0.4) is 0 Å². The van der Waals surface area contributed by atoms with Crippen LogP contribution in [-0.4, -0.2) is 0 Å². The van der Waals surface area contributed by atoms with Crippen LogP contribution in [0.5, 0.6) is 0 Å². The van der Waals surface area contributed by atoms with E-state index in [1.807, 2.05) is 0 Å². The van der Waals surface area contributed by atoms with Crippen molar-refractivity contribution in [3.63, 3.8) is 0 Å². The van der Waals surface area contributed by atoms with Gasteiger partial charge in [0, 0.05) is 22.5 Å². The predicted molar refractivity (Wildman–Crippen MR) is 269 cm³/mol. The Balaban J connectivity index is 0.895. The molecule has 0 N–H and O–H groups in total. The van der Waals surface area contributed by atoms with Gasteiger partial charge in [0.2, 0.25) is 0 Å². The monoisotopic (exact) mass is 805 g/mol. The molecule has 0 atom stereocenters. The number of rotatable bonds is 7. The van der Waals surface area contributed by atoms with Crippen LogP contribution in [-0.2, 0) is 5.41 Å². The molecule has 0 amide bonds. The first-order valence-electron chi connectivity index (χ1n) is 22.6. The van der Waals surface area contributed by atoms with E-state index >= 15 is 0 Å². The average Bonchev–Trinajstić information content (AvgIpc) is 3.60. The molecule has 2 aliphatic carbocycles. The predicted octanol–water partition coefficient (Wildman–Crippen LogP) is 17.4. The van der Waals surface area contributed by atoms with Gasteiger partial charge in [0.05, 0.1) is 0 Å². The number of anilines is 3. The average molecular weight is 806 g/mol. The zero-order valence-corrected chi connectivity index (χ0v) is 35.3. The SMILES string of the molecule is C(=C\c1ccc2cc(-c3c(-c4ccccc4)c4ccccc4c4ccccc34)ccc2c1)/c1ccc2c(c1)C1(CCCCC1)c1cc(N(c3ccccc3)c3ccccc3)ccc1-2. The molecule has 1 spiro atoms. The smallest absolute Gasteiger partial charge is 0.0465 e. The van der Waals surface area contributed by atoms with Gasteiger partial charge in [-0.2, -0.15) is 0 Å². The van der Waals surface area contributed by atoms with Crippen LogP contribution in [0.2, 0.25) is 0 Å². The topological polar surface area (TPSA) is 3.24 Å². The van der Waals surface area contributed by atoms with E-state index in [1.54, 1.807) is 0 Å². The van der Waals surface area contributed by atoms with Gasteiger partial charge in [0.1, 0.15) is 0 Å². The first kappa shape index (κ1) is 37.3. The molecule has 1 nitrogen and oxygen atoms in total. The van der Waals surface area contributed by atoms with Crippen molar-refractivity contribution in [2.24, 2.45) is 0 Å². The van der Waals surface area contributed by atoms with Gasteiger partial charge in [-0.25, -0.2) is 0 Å². The van der Waals surface area contributed by atoms with Gasteiger partial charge in [-0.1, -0.05) is 195 Å². The molecule has 1 saturated carbocycles. The van der Waals surface area contributed by atoms with Crippen LogP contribution < -0.4 is 4.90 Å². The fourth-order valence-corrected chi connectivity index (χ4v) is 11.1. The molecule has 0 saturated heterocycles. The Bertz CT molecular complexity index is 3320. The minimum absolute atomic E-state index is 0.0270. The van der Waals surface area contributed by atoms with E-state index < -0.39 is 0 Å². The maximum atomic E-state index is 2.52. The van der Waals surface area contributed by atoms with E-state index in [4.69, 9.17) is 0 Å². The lowest BCUT2D eigenvalue weighted by Gasteiger charge is -2.37. The summed E-state index contributed by atoms with van der Waals surface area (Å²) in [4.78, 5) is 2.41. The molecule has 300 valence electrons. The van der Waals surface area contributed by atoms with Gasteiger partial charge in [-0.3, -0.25) is 0 Å². The summed E-state index contributed by atoms with van der Waals surface area (Å²) in [5, 5.41) is 7.63. The number of hydrogen-bond acceptors (Lipinski definition) is 1. The van der Waals surface area contributed by atoms with Gasteiger partial charge in [-0.05, 0) is 149 Å². The van der Waals surface area contributed by atoms with Crippen molar-refractivity contribution in [3.8, 4) is 33.4 Å². The Morgan fingerprint density at radius 3 is 1.49 bits per heavy atom. The van der Waals surface area contributed by atoms with E-state index in [9.17, 15) is 0 Å². The molecule has 0 bridgehead atoms. The molecule has 0 aromatic heterocycles. The first-order chi connectivity index (χ1) is 31.2. The molecule has 2 aliphatic rings. The lowest BCUT2D eigenvalue weighted by Crippen LogP contribution is -2.28. The molecule has 10 aromatic carbocycles. The van der Waals surface area contributed by atoms with Crippen LogP contribution in [0.15, 0.2) is 212 Å². The van der Waals surface area contributed by atoms with Crippen molar-refractivity contribution >= 4 is 61.5 Å². The third-order valence-electron chi connectivity index (χ3n) is 14.0. The number of benzene rings is 10. The van der Waals surface area contributed by atoms with Crippen molar-refractivity contribution in [1.82, 2.24) is 0 Å². The molecule has 10 aromatic rings. The van der Waals surface area contributed by atoms with Crippen molar-refractivity contribution in [2.75, 3.05) is 4.90 Å². The molecule has 0 unspecified atom stereocenters. The third kappa shape index (κ3) is 6.38. The van der Waals surface area contributed by atoms with E-state index in [-0.39, 0.29) is 5.41 Å².